The summed E-state index contributed by atoms with van der Waals surface area (Å²) in [5.41, 5.74) is 0.900. The van der Waals surface area contributed by atoms with E-state index in [0.29, 0.717) is 13.0 Å². The Morgan fingerprint density at radius 1 is 0.962 bits per heavy atom. The molecule has 0 spiro atoms. The lowest BCUT2D eigenvalue weighted by Gasteiger charge is -2.19. The van der Waals surface area contributed by atoms with E-state index in [-0.39, 0.29) is 10.8 Å². The van der Waals surface area contributed by atoms with Crippen molar-refractivity contribution in [3.63, 3.8) is 0 Å². The molecule has 6 heteroatoms. The molecule has 0 saturated heterocycles. The van der Waals surface area contributed by atoms with Crippen molar-refractivity contribution in [2.24, 2.45) is 0 Å². The Hall–Kier alpha value is -2.18. The van der Waals surface area contributed by atoms with Crippen LogP contribution in [0.2, 0.25) is 0 Å². The van der Waals surface area contributed by atoms with Crippen LogP contribution in [-0.2, 0) is 21.2 Å². The van der Waals surface area contributed by atoms with Crippen LogP contribution in [-0.4, -0.2) is 26.9 Å². The average Bonchev–Trinajstić information content (AvgIpc) is 2.66. The summed E-state index contributed by atoms with van der Waals surface area (Å²) in [6.07, 6.45) is 3.27. The van der Waals surface area contributed by atoms with Gasteiger partial charge in [-0.2, -0.15) is 4.72 Å². The molecule has 2 N–H and O–H groups in total. The molecular formula is C20H26N2O3S. The van der Waals surface area contributed by atoms with Gasteiger partial charge in [0.25, 0.3) is 0 Å². The Balaban J connectivity index is 2.13. The van der Waals surface area contributed by atoms with E-state index in [1.165, 1.54) is 12.1 Å². The summed E-state index contributed by atoms with van der Waals surface area (Å²) >= 11 is 0. The zero-order chi connectivity index (χ0) is 18.8. The van der Waals surface area contributed by atoms with E-state index < -0.39 is 16.1 Å². The number of hydrogen-bond donors (Lipinski definition) is 2. The molecule has 2 aromatic rings. The van der Waals surface area contributed by atoms with E-state index in [0.717, 1.165) is 24.8 Å². The second kappa shape index (κ2) is 10.1. The van der Waals surface area contributed by atoms with Crippen LogP contribution in [0, 0.1) is 0 Å². The van der Waals surface area contributed by atoms with Gasteiger partial charge in [-0.3, -0.25) is 4.79 Å². The second-order valence-corrected chi connectivity index (χ2v) is 7.89. The molecule has 5 nitrogen and oxygen atoms in total. The molecule has 0 aliphatic heterocycles. The topological polar surface area (TPSA) is 75.3 Å². The molecule has 1 atom stereocenters. The van der Waals surface area contributed by atoms with Gasteiger partial charge in [-0.05, 0) is 30.5 Å². The van der Waals surface area contributed by atoms with E-state index in [4.69, 9.17) is 0 Å². The highest BCUT2D eigenvalue weighted by atomic mass is 32.2. The maximum Gasteiger partial charge on any atom is 0.241 e. The molecule has 26 heavy (non-hydrogen) atoms. The van der Waals surface area contributed by atoms with Gasteiger partial charge in [-0.15, -0.1) is 0 Å². The third kappa shape index (κ3) is 6.28. The lowest BCUT2D eigenvalue weighted by atomic mass is 10.1. The molecule has 0 bridgehead atoms. The van der Waals surface area contributed by atoms with Crippen molar-refractivity contribution in [3.05, 3.63) is 66.2 Å². The van der Waals surface area contributed by atoms with Crippen molar-refractivity contribution in [2.75, 3.05) is 6.54 Å². The molecule has 2 aromatic carbocycles. The Morgan fingerprint density at radius 2 is 1.58 bits per heavy atom. The molecule has 0 aliphatic carbocycles. The third-order valence-electron chi connectivity index (χ3n) is 4.03. The number of carbonyl (C=O) groups excluding carboxylic acids is 1. The van der Waals surface area contributed by atoms with Gasteiger partial charge in [0.1, 0.15) is 6.04 Å². The fourth-order valence-electron chi connectivity index (χ4n) is 2.60. The van der Waals surface area contributed by atoms with Crippen molar-refractivity contribution in [1.82, 2.24) is 10.0 Å². The van der Waals surface area contributed by atoms with E-state index in [1.54, 1.807) is 18.2 Å². The number of amides is 1. The number of sulfonamides is 1. The summed E-state index contributed by atoms with van der Waals surface area (Å²) in [5, 5.41) is 2.85. The number of hydrogen-bond acceptors (Lipinski definition) is 3. The quantitative estimate of drug-likeness (QED) is 0.628. The van der Waals surface area contributed by atoms with Crippen LogP contribution in [0.3, 0.4) is 0 Å². The molecule has 1 amide bonds. The first-order chi connectivity index (χ1) is 12.5. The molecule has 140 valence electrons. The van der Waals surface area contributed by atoms with Gasteiger partial charge >= 0.3 is 0 Å². The number of carbonyl (C=O) groups is 1. The van der Waals surface area contributed by atoms with E-state index in [1.807, 2.05) is 30.3 Å². The summed E-state index contributed by atoms with van der Waals surface area (Å²) in [4.78, 5) is 12.7. The Bertz CT molecular complexity index is 777. The summed E-state index contributed by atoms with van der Waals surface area (Å²) in [6.45, 7) is 2.64. The van der Waals surface area contributed by atoms with Crippen LogP contribution in [0.4, 0.5) is 0 Å². The van der Waals surface area contributed by atoms with Gasteiger partial charge in [0.2, 0.25) is 15.9 Å². The number of unbranched alkanes of at least 4 members (excludes halogenated alkanes) is 2. The molecule has 0 aliphatic rings. The minimum absolute atomic E-state index is 0.150. The molecule has 0 saturated carbocycles. The number of nitrogens with one attached hydrogen (secondary N) is 2. The maximum atomic E-state index is 12.6. The minimum atomic E-state index is -3.77. The van der Waals surface area contributed by atoms with Gasteiger partial charge in [0.15, 0.2) is 0 Å². The molecule has 0 fully saturated rings. The number of rotatable bonds is 10. The fraction of sp³-hybridized carbons (Fsp3) is 0.350. The molecule has 0 unspecified atom stereocenters. The Labute approximate surface area is 155 Å². The van der Waals surface area contributed by atoms with Crippen molar-refractivity contribution in [2.45, 2.75) is 43.5 Å². The highest BCUT2D eigenvalue weighted by molar-refractivity contribution is 7.89. The van der Waals surface area contributed by atoms with Crippen LogP contribution in [0.1, 0.15) is 31.7 Å². The van der Waals surface area contributed by atoms with E-state index >= 15 is 0 Å². The first kappa shape index (κ1) is 20.1. The van der Waals surface area contributed by atoms with Crippen molar-refractivity contribution in [1.29, 1.82) is 0 Å². The van der Waals surface area contributed by atoms with Crippen LogP contribution in [0.25, 0.3) is 0 Å². The Kier molecular flexibility index (Phi) is 7.81. The molecule has 0 radical (unpaired) electrons. The second-order valence-electron chi connectivity index (χ2n) is 6.17. The largest absolute Gasteiger partial charge is 0.355 e. The van der Waals surface area contributed by atoms with E-state index in [2.05, 4.69) is 17.0 Å². The van der Waals surface area contributed by atoms with Crippen molar-refractivity contribution < 1.29 is 13.2 Å². The van der Waals surface area contributed by atoms with Crippen LogP contribution >= 0.6 is 0 Å². The standard InChI is InChI=1S/C20H26N2O3S/c1-2-3-10-15-21-20(23)19(16-17-11-6-4-7-12-17)22-26(24,25)18-13-8-5-9-14-18/h4-9,11-14,19,22H,2-3,10,15-16H2,1H3,(H,21,23)/t19-/m1/s1. The van der Waals surface area contributed by atoms with Crippen molar-refractivity contribution >= 4 is 15.9 Å². The SMILES string of the molecule is CCCCCNC(=O)[C@@H](Cc1ccccc1)NS(=O)(=O)c1ccccc1. The Morgan fingerprint density at radius 3 is 2.19 bits per heavy atom. The van der Waals surface area contributed by atoms with E-state index in [9.17, 15) is 13.2 Å². The van der Waals surface area contributed by atoms with Gasteiger partial charge in [-0.25, -0.2) is 8.42 Å². The normalized spacial score (nSPS) is 12.5. The lowest BCUT2D eigenvalue weighted by Crippen LogP contribution is -2.48. The predicted molar refractivity (Wildman–Crippen MR) is 103 cm³/mol. The first-order valence-electron chi connectivity index (χ1n) is 8.92. The monoisotopic (exact) mass is 374 g/mol. The van der Waals surface area contributed by atoms with Gasteiger partial charge in [0.05, 0.1) is 4.90 Å². The average molecular weight is 375 g/mol. The summed E-state index contributed by atoms with van der Waals surface area (Å²) in [6, 6.07) is 16.6. The highest BCUT2D eigenvalue weighted by Gasteiger charge is 2.25. The van der Waals surface area contributed by atoms with Gasteiger partial charge in [-0.1, -0.05) is 68.3 Å². The first-order valence-corrected chi connectivity index (χ1v) is 10.4. The van der Waals surface area contributed by atoms with Crippen molar-refractivity contribution in [3.8, 4) is 0 Å². The smallest absolute Gasteiger partial charge is 0.241 e. The summed E-state index contributed by atoms with van der Waals surface area (Å²) < 4.78 is 27.8. The van der Waals surface area contributed by atoms with Crippen LogP contribution in [0.5, 0.6) is 0 Å². The van der Waals surface area contributed by atoms with Crippen LogP contribution in [0.15, 0.2) is 65.6 Å². The predicted octanol–water partition coefficient (Wildman–Crippen LogP) is 2.88. The zero-order valence-corrected chi connectivity index (χ0v) is 15.8. The van der Waals surface area contributed by atoms with Crippen LogP contribution < -0.4 is 10.0 Å². The third-order valence-corrected chi connectivity index (χ3v) is 5.52. The maximum absolute atomic E-state index is 12.6. The molecule has 2 rings (SSSR count). The van der Waals surface area contributed by atoms with Gasteiger partial charge < -0.3 is 5.32 Å². The summed E-state index contributed by atoms with van der Waals surface area (Å²) in [5.74, 6) is -0.301. The highest BCUT2D eigenvalue weighted by Crippen LogP contribution is 2.11. The minimum Gasteiger partial charge on any atom is -0.355 e. The molecular weight excluding hydrogens is 348 g/mol. The zero-order valence-electron chi connectivity index (χ0n) is 15.0. The fourth-order valence-corrected chi connectivity index (χ4v) is 3.82. The lowest BCUT2D eigenvalue weighted by molar-refractivity contribution is -0.122. The number of benzene rings is 2. The molecule has 0 heterocycles. The summed E-state index contributed by atoms with van der Waals surface area (Å²) in [7, 11) is -3.77. The van der Waals surface area contributed by atoms with Gasteiger partial charge in [0, 0.05) is 6.54 Å². The molecule has 0 aromatic heterocycles.